The number of carbonyl (C=O) groups excluding carboxylic acids is 1. The van der Waals surface area contributed by atoms with Gasteiger partial charge in [0.05, 0.1) is 6.20 Å². The minimum Gasteiger partial charge on any atom is -0.447 e. The fourth-order valence-electron chi connectivity index (χ4n) is 9.68. The van der Waals surface area contributed by atoms with E-state index in [-0.39, 0.29) is 17.4 Å². The highest BCUT2D eigenvalue weighted by Gasteiger charge is 2.59. The van der Waals surface area contributed by atoms with Gasteiger partial charge in [-0.25, -0.2) is 4.98 Å². The van der Waals surface area contributed by atoms with Crippen molar-refractivity contribution in [1.29, 1.82) is 0 Å². The molecule has 9 atom stereocenters. The molecule has 1 aliphatic heterocycles. The Bertz CT molecular complexity index is 856. The first kappa shape index (κ1) is 23.1. The van der Waals surface area contributed by atoms with Crippen LogP contribution in [0, 0.1) is 46.8 Å². The number of rotatable bonds is 5. The van der Waals surface area contributed by atoms with Gasteiger partial charge in [0, 0.05) is 25.7 Å². The Kier molecular flexibility index (Phi) is 6.28. The van der Waals surface area contributed by atoms with Crippen molar-refractivity contribution in [2.75, 3.05) is 19.8 Å². The molecule has 5 fully saturated rings. The molecule has 0 radical (unpaired) electrons. The summed E-state index contributed by atoms with van der Waals surface area (Å²) in [6.07, 6.45) is 17.3. The Morgan fingerprint density at radius 3 is 2.82 bits per heavy atom. The van der Waals surface area contributed by atoms with Crippen molar-refractivity contribution < 1.29 is 13.9 Å². The number of oxazole rings is 1. The normalized spacial score (nSPS) is 43.9. The monoisotopic (exact) mass is 468 g/mol. The molecule has 0 spiro atoms. The van der Waals surface area contributed by atoms with Gasteiger partial charge in [0.2, 0.25) is 11.8 Å². The maximum absolute atomic E-state index is 14.0. The SMILES string of the molecule is CCOCC1CCC2C(CCC3C2CCC2(C)C3CC[C@@H]2C(=O)N2CCCC2c2ncco2)C1. The summed E-state index contributed by atoms with van der Waals surface area (Å²) in [6.45, 7) is 7.30. The molecule has 4 saturated carbocycles. The number of carbonyl (C=O) groups is 1. The Balaban J connectivity index is 1.15. The van der Waals surface area contributed by atoms with Crippen LogP contribution >= 0.6 is 0 Å². The Morgan fingerprint density at radius 1 is 1.12 bits per heavy atom. The van der Waals surface area contributed by atoms with Crippen LogP contribution in [0.4, 0.5) is 0 Å². The molecule has 5 aliphatic rings. The molecule has 34 heavy (non-hydrogen) atoms. The zero-order valence-electron chi connectivity index (χ0n) is 21.3. The second kappa shape index (κ2) is 9.26. The average molecular weight is 469 g/mol. The summed E-state index contributed by atoms with van der Waals surface area (Å²) >= 11 is 0. The van der Waals surface area contributed by atoms with E-state index in [2.05, 4.69) is 23.7 Å². The molecule has 1 amide bonds. The third-order valence-electron chi connectivity index (χ3n) is 11.2. The molecule has 5 nitrogen and oxygen atoms in total. The standard InChI is InChI=1S/C29H44N2O3/c1-3-33-18-19-6-8-21-20(17-19)7-9-23-22(21)12-13-29(2)24(23)10-11-25(29)28(32)31-15-4-5-26(31)27-30-14-16-34-27/h14,16,19-26H,3-13,15,17-18H2,1-2H3/t19?,20?,21?,22?,23?,24?,25-,26?,29?/m1/s1. The molecular weight excluding hydrogens is 424 g/mol. The number of hydrogen-bond acceptors (Lipinski definition) is 4. The molecule has 1 aromatic rings. The van der Waals surface area contributed by atoms with E-state index in [4.69, 9.17) is 9.15 Å². The highest BCUT2D eigenvalue weighted by molar-refractivity contribution is 5.81. The smallest absolute Gasteiger partial charge is 0.226 e. The molecule has 0 N–H and O–H groups in total. The van der Waals surface area contributed by atoms with Crippen LogP contribution in [0.25, 0.3) is 0 Å². The van der Waals surface area contributed by atoms with Gasteiger partial charge < -0.3 is 14.1 Å². The summed E-state index contributed by atoms with van der Waals surface area (Å²) < 4.78 is 11.4. The minimum atomic E-state index is 0.0452. The summed E-state index contributed by atoms with van der Waals surface area (Å²) in [7, 11) is 0. The van der Waals surface area contributed by atoms with Gasteiger partial charge in [0.25, 0.3) is 0 Å². The van der Waals surface area contributed by atoms with Gasteiger partial charge in [-0.3, -0.25) is 4.79 Å². The molecule has 5 heteroatoms. The van der Waals surface area contributed by atoms with Crippen molar-refractivity contribution >= 4 is 5.91 Å². The van der Waals surface area contributed by atoms with E-state index in [1.165, 1.54) is 51.4 Å². The number of amides is 1. The third-order valence-corrected chi connectivity index (χ3v) is 11.2. The lowest BCUT2D eigenvalue weighted by Crippen LogP contribution is -2.51. The number of hydrogen-bond donors (Lipinski definition) is 0. The molecule has 1 saturated heterocycles. The second-order valence-electron chi connectivity index (χ2n) is 12.5. The molecule has 8 unspecified atom stereocenters. The lowest BCUT2D eigenvalue weighted by molar-refractivity contribution is -0.144. The van der Waals surface area contributed by atoms with E-state index in [1.54, 1.807) is 12.5 Å². The Hall–Kier alpha value is -1.36. The summed E-state index contributed by atoms with van der Waals surface area (Å²) in [6, 6.07) is 0.0452. The van der Waals surface area contributed by atoms with E-state index in [0.29, 0.717) is 5.91 Å². The Labute approximate surface area is 205 Å². The summed E-state index contributed by atoms with van der Waals surface area (Å²) in [4.78, 5) is 20.5. The van der Waals surface area contributed by atoms with Crippen molar-refractivity contribution in [2.45, 2.75) is 90.5 Å². The van der Waals surface area contributed by atoms with Crippen LogP contribution < -0.4 is 0 Å². The summed E-state index contributed by atoms with van der Waals surface area (Å²) in [5.74, 6) is 6.46. The first-order chi connectivity index (χ1) is 16.6. The predicted molar refractivity (Wildman–Crippen MR) is 131 cm³/mol. The van der Waals surface area contributed by atoms with Gasteiger partial charge in [-0.05, 0) is 118 Å². The van der Waals surface area contributed by atoms with Crippen LogP contribution in [-0.2, 0) is 9.53 Å². The van der Waals surface area contributed by atoms with Gasteiger partial charge >= 0.3 is 0 Å². The zero-order chi connectivity index (χ0) is 23.3. The van der Waals surface area contributed by atoms with Crippen molar-refractivity contribution in [3.05, 3.63) is 18.4 Å². The lowest BCUT2D eigenvalue weighted by atomic mass is 9.49. The molecule has 0 bridgehead atoms. The molecule has 188 valence electrons. The highest BCUT2D eigenvalue weighted by atomic mass is 16.5. The molecule has 1 aromatic heterocycles. The Morgan fingerprint density at radius 2 is 2.00 bits per heavy atom. The van der Waals surface area contributed by atoms with Gasteiger partial charge in [0.15, 0.2) is 0 Å². The molecule has 0 aromatic carbocycles. The van der Waals surface area contributed by atoms with Crippen LogP contribution in [0.3, 0.4) is 0 Å². The number of fused-ring (bicyclic) bond motifs is 5. The fourth-order valence-corrected chi connectivity index (χ4v) is 9.68. The highest BCUT2D eigenvalue weighted by Crippen LogP contribution is 2.64. The van der Waals surface area contributed by atoms with Gasteiger partial charge in [-0.1, -0.05) is 6.92 Å². The van der Waals surface area contributed by atoms with E-state index in [9.17, 15) is 4.79 Å². The average Bonchev–Trinajstić information content (AvgIpc) is 3.61. The second-order valence-corrected chi connectivity index (χ2v) is 12.5. The fraction of sp³-hybridized carbons (Fsp3) is 0.862. The molecule has 4 aliphatic carbocycles. The van der Waals surface area contributed by atoms with Crippen LogP contribution in [-0.4, -0.2) is 35.5 Å². The molecule has 6 rings (SSSR count). The van der Waals surface area contributed by atoms with Gasteiger partial charge in [-0.2, -0.15) is 0 Å². The van der Waals surface area contributed by atoms with Gasteiger partial charge in [-0.15, -0.1) is 0 Å². The van der Waals surface area contributed by atoms with E-state index in [0.717, 1.165) is 80.4 Å². The van der Waals surface area contributed by atoms with E-state index in [1.807, 2.05) is 0 Å². The predicted octanol–water partition coefficient (Wildman–Crippen LogP) is 6.26. The van der Waals surface area contributed by atoms with E-state index < -0.39 is 0 Å². The van der Waals surface area contributed by atoms with Crippen LogP contribution in [0.2, 0.25) is 0 Å². The number of ether oxygens (including phenoxy) is 1. The summed E-state index contributed by atoms with van der Waals surface area (Å²) in [5.41, 5.74) is 0.182. The first-order valence-electron chi connectivity index (χ1n) is 14.4. The van der Waals surface area contributed by atoms with Crippen LogP contribution in [0.15, 0.2) is 16.9 Å². The van der Waals surface area contributed by atoms with E-state index >= 15 is 0 Å². The van der Waals surface area contributed by atoms with Crippen molar-refractivity contribution in [2.24, 2.45) is 46.8 Å². The zero-order valence-corrected chi connectivity index (χ0v) is 21.3. The molecular formula is C29H44N2O3. The largest absolute Gasteiger partial charge is 0.447 e. The van der Waals surface area contributed by atoms with Crippen molar-refractivity contribution in [3.8, 4) is 0 Å². The van der Waals surface area contributed by atoms with Crippen LogP contribution in [0.1, 0.15) is 96.4 Å². The van der Waals surface area contributed by atoms with Crippen molar-refractivity contribution in [3.63, 3.8) is 0 Å². The number of aromatic nitrogens is 1. The lowest BCUT2D eigenvalue weighted by Gasteiger charge is -2.56. The van der Waals surface area contributed by atoms with Crippen molar-refractivity contribution in [1.82, 2.24) is 9.88 Å². The van der Waals surface area contributed by atoms with Crippen LogP contribution in [0.5, 0.6) is 0 Å². The maximum Gasteiger partial charge on any atom is 0.226 e. The summed E-state index contributed by atoms with van der Waals surface area (Å²) in [5, 5.41) is 0. The third kappa shape index (κ3) is 3.76. The molecule has 2 heterocycles. The number of nitrogens with zero attached hydrogens (tertiary/aromatic N) is 2. The number of likely N-dealkylation sites (tertiary alicyclic amines) is 1. The van der Waals surface area contributed by atoms with Gasteiger partial charge in [0.1, 0.15) is 12.3 Å². The minimum absolute atomic E-state index is 0.0452. The quantitative estimate of drug-likeness (QED) is 0.512. The topological polar surface area (TPSA) is 55.6 Å². The first-order valence-corrected chi connectivity index (χ1v) is 14.4. The maximum atomic E-state index is 14.0.